The number of aromatic nitrogens is 1. The summed E-state index contributed by atoms with van der Waals surface area (Å²) in [6.45, 7) is 8.29. The van der Waals surface area contributed by atoms with Crippen molar-refractivity contribution >= 4 is 5.82 Å². The predicted molar refractivity (Wildman–Crippen MR) is 65.8 cm³/mol. The summed E-state index contributed by atoms with van der Waals surface area (Å²) in [5.41, 5.74) is 1.48. The first-order valence-corrected chi connectivity index (χ1v) is 5.86. The Balaban J connectivity index is 2.09. The number of nitrogens with one attached hydrogen (secondary N) is 1. The molecule has 1 aliphatic rings. The van der Waals surface area contributed by atoms with E-state index < -0.39 is 0 Å². The van der Waals surface area contributed by atoms with Crippen molar-refractivity contribution in [1.82, 2.24) is 4.98 Å². The van der Waals surface area contributed by atoms with E-state index in [1.165, 1.54) is 5.56 Å². The van der Waals surface area contributed by atoms with Crippen molar-refractivity contribution in [3.8, 4) is 0 Å². The first-order valence-electron chi connectivity index (χ1n) is 5.86. The molecule has 0 radical (unpaired) electrons. The number of hydrogen-bond acceptors (Lipinski definition) is 3. The van der Waals surface area contributed by atoms with Crippen LogP contribution < -0.4 is 5.32 Å². The summed E-state index contributed by atoms with van der Waals surface area (Å²) in [5.74, 6) is 0.961. The van der Waals surface area contributed by atoms with Gasteiger partial charge in [0.05, 0.1) is 12.6 Å². The van der Waals surface area contributed by atoms with Crippen LogP contribution in [0.3, 0.4) is 0 Å². The minimum absolute atomic E-state index is 0.172. The van der Waals surface area contributed by atoms with E-state index in [0.29, 0.717) is 6.04 Å². The normalized spacial score (nSPS) is 21.1. The second-order valence-electron chi connectivity index (χ2n) is 5.38. The summed E-state index contributed by atoms with van der Waals surface area (Å²) in [6, 6.07) is 4.64. The van der Waals surface area contributed by atoms with Crippen molar-refractivity contribution in [3.63, 3.8) is 0 Å². The van der Waals surface area contributed by atoms with Gasteiger partial charge in [-0.25, -0.2) is 4.98 Å². The molecule has 2 rings (SSSR count). The molecule has 0 saturated carbocycles. The number of nitrogens with zero attached hydrogens (tertiary/aromatic N) is 1. The summed E-state index contributed by atoms with van der Waals surface area (Å²) >= 11 is 0. The average Bonchev–Trinajstić information content (AvgIpc) is 2.70. The Labute approximate surface area is 97.2 Å². The van der Waals surface area contributed by atoms with Crippen molar-refractivity contribution < 1.29 is 4.74 Å². The van der Waals surface area contributed by atoms with Gasteiger partial charge >= 0.3 is 0 Å². The molecule has 0 spiro atoms. The highest BCUT2D eigenvalue weighted by Crippen LogP contribution is 2.24. The Morgan fingerprint density at radius 1 is 1.44 bits per heavy atom. The van der Waals surface area contributed by atoms with E-state index in [4.69, 9.17) is 4.74 Å². The maximum absolute atomic E-state index is 5.34. The molecule has 1 atom stereocenters. The van der Waals surface area contributed by atoms with E-state index in [2.05, 4.69) is 43.2 Å². The highest BCUT2D eigenvalue weighted by atomic mass is 16.5. The lowest BCUT2D eigenvalue weighted by Gasteiger charge is -2.20. The van der Waals surface area contributed by atoms with Gasteiger partial charge in [0, 0.05) is 12.8 Å². The maximum Gasteiger partial charge on any atom is 0.126 e. The second-order valence-corrected chi connectivity index (χ2v) is 5.38. The first kappa shape index (κ1) is 11.4. The molecule has 1 aliphatic heterocycles. The van der Waals surface area contributed by atoms with Crippen LogP contribution in [0.4, 0.5) is 5.82 Å². The summed E-state index contributed by atoms with van der Waals surface area (Å²) in [4.78, 5) is 4.35. The topological polar surface area (TPSA) is 34.2 Å². The Bertz CT molecular complexity index is 351. The molecular weight excluding hydrogens is 200 g/mol. The molecule has 1 aromatic heterocycles. The van der Waals surface area contributed by atoms with E-state index in [1.807, 2.05) is 6.20 Å². The number of anilines is 1. The van der Waals surface area contributed by atoms with E-state index in [0.717, 1.165) is 25.5 Å². The van der Waals surface area contributed by atoms with Gasteiger partial charge in [-0.3, -0.25) is 0 Å². The summed E-state index contributed by atoms with van der Waals surface area (Å²) in [7, 11) is 0. The molecule has 16 heavy (non-hydrogen) atoms. The van der Waals surface area contributed by atoms with Crippen LogP contribution in [0, 0.1) is 0 Å². The zero-order valence-electron chi connectivity index (χ0n) is 10.3. The molecule has 0 aromatic carbocycles. The molecular formula is C13H20N2O. The Morgan fingerprint density at radius 3 is 2.88 bits per heavy atom. The molecule has 2 heterocycles. The third-order valence-corrected chi connectivity index (χ3v) is 2.91. The average molecular weight is 220 g/mol. The fourth-order valence-corrected chi connectivity index (χ4v) is 1.83. The summed E-state index contributed by atoms with van der Waals surface area (Å²) in [5, 5.41) is 3.42. The number of ether oxygens (including phenoxy) is 1. The van der Waals surface area contributed by atoms with Crippen LogP contribution in [0.15, 0.2) is 18.3 Å². The van der Waals surface area contributed by atoms with E-state index in [-0.39, 0.29) is 5.41 Å². The number of hydrogen-bond donors (Lipinski definition) is 1. The molecule has 0 amide bonds. The van der Waals surface area contributed by atoms with Crippen LogP contribution in [0.25, 0.3) is 0 Å². The molecule has 88 valence electrons. The third kappa shape index (κ3) is 2.73. The molecule has 1 N–H and O–H groups in total. The zero-order chi connectivity index (χ0) is 11.6. The minimum Gasteiger partial charge on any atom is -0.379 e. The summed E-state index contributed by atoms with van der Waals surface area (Å²) in [6.07, 6.45) is 2.94. The monoisotopic (exact) mass is 220 g/mol. The van der Waals surface area contributed by atoms with Crippen LogP contribution in [-0.2, 0) is 10.2 Å². The molecule has 0 bridgehead atoms. The lowest BCUT2D eigenvalue weighted by atomic mass is 9.88. The first-order chi connectivity index (χ1) is 7.55. The van der Waals surface area contributed by atoms with Gasteiger partial charge in [0.15, 0.2) is 0 Å². The van der Waals surface area contributed by atoms with Crippen LogP contribution in [0.2, 0.25) is 0 Å². The van der Waals surface area contributed by atoms with Gasteiger partial charge in [-0.1, -0.05) is 20.8 Å². The lowest BCUT2D eigenvalue weighted by molar-refractivity contribution is 0.195. The van der Waals surface area contributed by atoms with Gasteiger partial charge in [-0.05, 0) is 29.5 Å². The molecule has 1 fully saturated rings. The van der Waals surface area contributed by atoms with Gasteiger partial charge in [-0.15, -0.1) is 0 Å². The van der Waals surface area contributed by atoms with Crippen molar-refractivity contribution in [2.45, 2.75) is 38.6 Å². The molecule has 0 aliphatic carbocycles. The number of pyridine rings is 1. The van der Waals surface area contributed by atoms with E-state index in [1.54, 1.807) is 0 Å². The van der Waals surface area contributed by atoms with E-state index in [9.17, 15) is 0 Å². The standard InChI is InChI=1S/C13H20N2O/c1-13(2,3)10-4-6-14-12(8-10)15-11-5-7-16-9-11/h4,6,8,11H,5,7,9H2,1-3H3,(H,14,15). The fourth-order valence-electron chi connectivity index (χ4n) is 1.83. The van der Waals surface area contributed by atoms with Gasteiger partial charge in [0.25, 0.3) is 0 Å². The SMILES string of the molecule is CC(C)(C)c1ccnc(NC2CCOC2)c1. The Kier molecular flexibility index (Phi) is 3.15. The quantitative estimate of drug-likeness (QED) is 0.831. The highest BCUT2D eigenvalue weighted by molar-refractivity contribution is 5.40. The Morgan fingerprint density at radius 2 is 2.25 bits per heavy atom. The molecule has 3 nitrogen and oxygen atoms in total. The van der Waals surface area contributed by atoms with Crippen LogP contribution in [0.1, 0.15) is 32.8 Å². The smallest absolute Gasteiger partial charge is 0.126 e. The molecule has 3 heteroatoms. The fraction of sp³-hybridized carbons (Fsp3) is 0.615. The van der Waals surface area contributed by atoms with Crippen molar-refractivity contribution in [2.24, 2.45) is 0 Å². The van der Waals surface area contributed by atoms with Gasteiger partial charge in [0.1, 0.15) is 5.82 Å². The third-order valence-electron chi connectivity index (χ3n) is 2.91. The lowest BCUT2D eigenvalue weighted by Crippen LogP contribution is -2.20. The second kappa shape index (κ2) is 4.42. The number of rotatable bonds is 2. The molecule has 1 aromatic rings. The van der Waals surface area contributed by atoms with Gasteiger partial charge in [-0.2, -0.15) is 0 Å². The van der Waals surface area contributed by atoms with Crippen molar-refractivity contribution in [1.29, 1.82) is 0 Å². The summed E-state index contributed by atoms with van der Waals surface area (Å²) < 4.78 is 5.34. The van der Waals surface area contributed by atoms with Crippen LogP contribution in [0.5, 0.6) is 0 Å². The maximum atomic E-state index is 5.34. The van der Waals surface area contributed by atoms with E-state index >= 15 is 0 Å². The molecule has 1 unspecified atom stereocenters. The molecule has 1 saturated heterocycles. The predicted octanol–water partition coefficient (Wildman–Crippen LogP) is 2.58. The van der Waals surface area contributed by atoms with Crippen molar-refractivity contribution in [2.75, 3.05) is 18.5 Å². The van der Waals surface area contributed by atoms with Crippen molar-refractivity contribution in [3.05, 3.63) is 23.9 Å². The largest absolute Gasteiger partial charge is 0.379 e. The zero-order valence-corrected chi connectivity index (χ0v) is 10.3. The van der Waals surface area contributed by atoms with Crippen LogP contribution in [-0.4, -0.2) is 24.2 Å². The van der Waals surface area contributed by atoms with Gasteiger partial charge < -0.3 is 10.1 Å². The Hall–Kier alpha value is -1.09. The van der Waals surface area contributed by atoms with Gasteiger partial charge in [0.2, 0.25) is 0 Å². The van der Waals surface area contributed by atoms with Crippen LogP contribution >= 0.6 is 0 Å². The highest BCUT2D eigenvalue weighted by Gasteiger charge is 2.17. The minimum atomic E-state index is 0.172.